The minimum Gasteiger partial charge on any atom is -0.490 e. The van der Waals surface area contributed by atoms with Crippen LogP contribution in [0.15, 0.2) is 72.8 Å². The Morgan fingerprint density at radius 2 is 1.72 bits per heavy atom. The molecule has 1 aromatic heterocycles. The largest absolute Gasteiger partial charge is 0.490 e. The Morgan fingerprint density at radius 1 is 1.00 bits per heavy atom. The molecule has 0 spiro atoms. The Labute approximate surface area is 234 Å². The summed E-state index contributed by atoms with van der Waals surface area (Å²) in [6.45, 7) is 0.751. The highest BCUT2D eigenvalue weighted by atomic mass is 35.5. The van der Waals surface area contributed by atoms with E-state index in [2.05, 4.69) is 5.10 Å². The molecule has 4 aromatic rings. The van der Waals surface area contributed by atoms with E-state index in [4.69, 9.17) is 27.9 Å². The number of rotatable bonds is 7. The summed E-state index contributed by atoms with van der Waals surface area (Å²) < 4.78 is 21.0. The van der Waals surface area contributed by atoms with Crippen LogP contribution < -0.4 is 4.74 Å². The number of carbonyl (C=O) groups excluding carboxylic acids is 1. The molecule has 39 heavy (non-hydrogen) atoms. The molecule has 0 unspecified atom stereocenters. The third-order valence-corrected chi connectivity index (χ3v) is 7.11. The molecule has 0 atom stereocenters. The lowest BCUT2D eigenvalue weighted by molar-refractivity contribution is -0.136. The Morgan fingerprint density at radius 3 is 2.38 bits per heavy atom. The number of carboxylic acid groups (broad SMARTS) is 1. The second-order valence-electron chi connectivity index (χ2n) is 9.18. The normalized spacial score (nSPS) is 13.9. The topological polar surface area (TPSA) is 84.7 Å². The minimum atomic E-state index is -1.10. The molecular formula is C29H24Cl2FN3O4. The van der Waals surface area contributed by atoms with Crippen molar-refractivity contribution in [1.29, 1.82) is 0 Å². The molecule has 10 heteroatoms. The molecule has 1 fully saturated rings. The fourth-order valence-electron chi connectivity index (χ4n) is 4.70. The number of nitrogens with zero attached hydrogens (tertiary/aromatic N) is 3. The summed E-state index contributed by atoms with van der Waals surface area (Å²) in [6.07, 6.45) is 0.472. The standard InChI is InChI=1S/C29H24Cl2FN3O4/c30-19-10-8-18(9-11-19)28-23(17-26(36)37)27(33-35(28)25-7-2-1-6-24(25)31)29(38)34-14-12-21(13-15-34)39-22-5-3-4-20(32)16-22/h1-11,16,21H,12-15,17H2,(H,36,37). The third kappa shape index (κ3) is 5.92. The molecule has 0 saturated carbocycles. The van der Waals surface area contributed by atoms with E-state index in [9.17, 15) is 19.1 Å². The van der Waals surface area contributed by atoms with Crippen molar-refractivity contribution in [1.82, 2.24) is 14.7 Å². The van der Waals surface area contributed by atoms with Crippen molar-refractivity contribution < 1.29 is 23.8 Å². The number of para-hydroxylation sites is 1. The lowest BCUT2D eigenvalue weighted by Gasteiger charge is -2.32. The molecule has 1 amide bonds. The van der Waals surface area contributed by atoms with Gasteiger partial charge in [0.1, 0.15) is 17.7 Å². The summed E-state index contributed by atoms with van der Waals surface area (Å²) in [4.78, 5) is 27.4. The van der Waals surface area contributed by atoms with Gasteiger partial charge in [0.25, 0.3) is 5.91 Å². The Hall–Kier alpha value is -3.88. The lowest BCUT2D eigenvalue weighted by Crippen LogP contribution is -2.42. The van der Waals surface area contributed by atoms with Gasteiger partial charge in [-0.15, -0.1) is 0 Å². The number of hydrogen-bond donors (Lipinski definition) is 1. The first-order valence-corrected chi connectivity index (χ1v) is 13.1. The number of benzene rings is 3. The molecule has 2 heterocycles. The number of carboxylic acids is 1. The van der Waals surface area contributed by atoms with E-state index in [-0.39, 0.29) is 29.1 Å². The number of aliphatic carboxylic acids is 1. The molecule has 1 aliphatic rings. The summed E-state index contributed by atoms with van der Waals surface area (Å²) in [6, 6.07) is 19.9. The van der Waals surface area contributed by atoms with Crippen LogP contribution in [0, 0.1) is 5.82 Å². The molecule has 1 N–H and O–H groups in total. The van der Waals surface area contributed by atoms with Crippen molar-refractivity contribution in [2.45, 2.75) is 25.4 Å². The summed E-state index contributed by atoms with van der Waals surface area (Å²) in [7, 11) is 0. The van der Waals surface area contributed by atoms with Crippen molar-refractivity contribution in [2.24, 2.45) is 0 Å². The number of likely N-dealkylation sites (tertiary alicyclic amines) is 1. The van der Waals surface area contributed by atoms with Gasteiger partial charge in [-0.1, -0.05) is 53.5 Å². The van der Waals surface area contributed by atoms with Crippen molar-refractivity contribution >= 4 is 35.1 Å². The number of halogens is 3. The van der Waals surface area contributed by atoms with Crippen LogP contribution in [0.2, 0.25) is 10.0 Å². The van der Waals surface area contributed by atoms with E-state index < -0.39 is 12.4 Å². The first-order chi connectivity index (χ1) is 18.8. The highest BCUT2D eigenvalue weighted by Gasteiger charge is 2.32. The van der Waals surface area contributed by atoms with Crippen LogP contribution in [0.25, 0.3) is 16.9 Å². The van der Waals surface area contributed by atoms with Gasteiger partial charge in [0, 0.05) is 48.1 Å². The molecule has 0 aliphatic carbocycles. The molecule has 0 bridgehead atoms. The molecule has 7 nitrogen and oxygen atoms in total. The Balaban J connectivity index is 1.49. The van der Waals surface area contributed by atoms with Crippen molar-refractivity contribution in [2.75, 3.05) is 13.1 Å². The van der Waals surface area contributed by atoms with Crippen molar-refractivity contribution in [3.05, 3.63) is 99.9 Å². The summed E-state index contributed by atoms with van der Waals surface area (Å²) in [5.41, 5.74) is 1.94. The first kappa shape index (κ1) is 26.7. The predicted molar refractivity (Wildman–Crippen MR) is 146 cm³/mol. The summed E-state index contributed by atoms with van der Waals surface area (Å²) in [5, 5.41) is 15.3. The van der Waals surface area contributed by atoms with E-state index in [1.807, 2.05) is 0 Å². The van der Waals surface area contributed by atoms with E-state index >= 15 is 0 Å². The highest BCUT2D eigenvalue weighted by Crippen LogP contribution is 2.34. The Bertz CT molecular complexity index is 1520. The smallest absolute Gasteiger partial charge is 0.307 e. The van der Waals surface area contributed by atoms with Crippen molar-refractivity contribution in [3.8, 4) is 22.7 Å². The molecule has 200 valence electrons. The van der Waals surface area contributed by atoms with Gasteiger partial charge < -0.3 is 14.7 Å². The zero-order valence-corrected chi connectivity index (χ0v) is 22.2. The zero-order valence-electron chi connectivity index (χ0n) is 20.7. The van der Waals surface area contributed by atoms with Crippen LogP contribution in [0.3, 0.4) is 0 Å². The average molecular weight is 568 g/mol. The first-order valence-electron chi connectivity index (χ1n) is 12.4. The lowest BCUT2D eigenvalue weighted by atomic mass is 10.0. The SMILES string of the molecule is O=C(O)Cc1c(C(=O)N2CCC(Oc3cccc(F)c3)CC2)nn(-c2ccccc2Cl)c1-c1ccc(Cl)cc1. The molecule has 1 aliphatic heterocycles. The van der Waals surface area contributed by atoms with Crippen LogP contribution in [0.1, 0.15) is 28.9 Å². The van der Waals surface area contributed by atoms with Crippen LogP contribution in [-0.4, -0.2) is 50.9 Å². The zero-order chi connectivity index (χ0) is 27.5. The fourth-order valence-corrected chi connectivity index (χ4v) is 5.04. The van der Waals surface area contributed by atoms with Gasteiger partial charge in [-0.05, 0) is 36.4 Å². The monoisotopic (exact) mass is 567 g/mol. The predicted octanol–water partition coefficient (Wildman–Crippen LogP) is 6.30. The van der Waals surface area contributed by atoms with E-state index in [1.165, 1.54) is 16.8 Å². The maximum Gasteiger partial charge on any atom is 0.307 e. The maximum absolute atomic E-state index is 13.8. The van der Waals surface area contributed by atoms with Gasteiger partial charge in [0.05, 0.1) is 22.8 Å². The second kappa shape index (κ2) is 11.5. The van der Waals surface area contributed by atoms with Gasteiger partial charge in [0.2, 0.25) is 0 Å². The molecule has 1 saturated heterocycles. The number of hydrogen-bond acceptors (Lipinski definition) is 4. The van der Waals surface area contributed by atoms with Gasteiger partial charge >= 0.3 is 5.97 Å². The van der Waals surface area contributed by atoms with Gasteiger partial charge in [0.15, 0.2) is 5.69 Å². The van der Waals surface area contributed by atoms with Crippen LogP contribution in [0.5, 0.6) is 5.75 Å². The minimum absolute atomic E-state index is 0.0479. The van der Waals surface area contributed by atoms with Crippen LogP contribution in [-0.2, 0) is 11.2 Å². The van der Waals surface area contributed by atoms with Gasteiger partial charge in [-0.2, -0.15) is 5.10 Å². The van der Waals surface area contributed by atoms with Crippen LogP contribution in [0.4, 0.5) is 4.39 Å². The maximum atomic E-state index is 13.8. The highest BCUT2D eigenvalue weighted by molar-refractivity contribution is 6.32. The number of aromatic nitrogens is 2. The van der Waals surface area contributed by atoms with Crippen LogP contribution >= 0.6 is 23.2 Å². The van der Waals surface area contributed by atoms with Crippen molar-refractivity contribution in [3.63, 3.8) is 0 Å². The van der Waals surface area contributed by atoms with E-state index in [0.717, 1.165) is 0 Å². The third-order valence-electron chi connectivity index (χ3n) is 6.54. The molecule has 5 rings (SSSR count). The Kier molecular flexibility index (Phi) is 7.86. The second-order valence-corrected chi connectivity index (χ2v) is 10.0. The van der Waals surface area contributed by atoms with E-state index in [1.54, 1.807) is 65.6 Å². The van der Waals surface area contributed by atoms with Gasteiger partial charge in [-0.25, -0.2) is 9.07 Å². The number of ether oxygens (including phenoxy) is 1. The number of piperidine rings is 1. The van der Waals surface area contributed by atoms with E-state index in [0.29, 0.717) is 58.7 Å². The summed E-state index contributed by atoms with van der Waals surface area (Å²) >= 11 is 12.6. The average Bonchev–Trinajstić information content (AvgIpc) is 3.27. The quantitative estimate of drug-likeness (QED) is 0.283. The fraction of sp³-hybridized carbons (Fsp3) is 0.207. The van der Waals surface area contributed by atoms with Gasteiger partial charge in [-0.3, -0.25) is 9.59 Å². The molecular weight excluding hydrogens is 544 g/mol. The molecule has 0 radical (unpaired) electrons. The molecule has 3 aromatic carbocycles. The number of carbonyl (C=O) groups is 2. The summed E-state index contributed by atoms with van der Waals surface area (Å²) in [5.74, 6) is -1.41. The number of amides is 1.